The number of nitrogens with one attached hydrogen (secondary N) is 2. The lowest BCUT2D eigenvalue weighted by Crippen LogP contribution is -2.14. The van der Waals surface area contributed by atoms with Gasteiger partial charge in [0.25, 0.3) is 0 Å². The molecule has 0 spiro atoms. The van der Waals surface area contributed by atoms with Crippen LogP contribution in [0.25, 0.3) is 10.9 Å². The van der Waals surface area contributed by atoms with Gasteiger partial charge >= 0.3 is 0 Å². The molecule has 0 bridgehead atoms. The number of aromatic amines is 1. The Bertz CT molecular complexity index is 826. The zero-order valence-electron chi connectivity index (χ0n) is 12.0. The third-order valence-electron chi connectivity index (χ3n) is 3.46. The highest BCUT2D eigenvalue weighted by molar-refractivity contribution is 5.95. The van der Waals surface area contributed by atoms with Gasteiger partial charge in [-0.2, -0.15) is 0 Å². The monoisotopic (exact) mass is 298 g/mol. The molecule has 2 aromatic carbocycles. The van der Waals surface area contributed by atoms with E-state index in [2.05, 4.69) is 10.3 Å². The topological polar surface area (TPSA) is 54.1 Å². The molecule has 0 atom stereocenters. The molecule has 0 aliphatic rings. The standard InChI is InChI=1S/C17H15FN2O2/c1-22-16-7-6-12(9-14(16)18)20-17(21)8-11-10-19-15-5-3-2-4-13(11)15/h2-7,9-10,19H,8H2,1H3,(H,20,21). The molecule has 0 fully saturated rings. The van der Waals surface area contributed by atoms with Crippen LogP contribution >= 0.6 is 0 Å². The fraction of sp³-hybridized carbons (Fsp3) is 0.118. The Hall–Kier alpha value is -2.82. The number of para-hydroxylation sites is 1. The van der Waals surface area contributed by atoms with Crippen molar-refractivity contribution in [3.63, 3.8) is 0 Å². The van der Waals surface area contributed by atoms with Crippen molar-refractivity contribution in [3.05, 3.63) is 60.0 Å². The van der Waals surface area contributed by atoms with E-state index < -0.39 is 5.82 Å². The number of anilines is 1. The highest BCUT2D eigenvalue weighted by Gasteiger charge is 2.10. The second-order valence-electron chi connectivity index (χ2n) is 4.93. The number of rotatable bonds is 4. The van der Waals surface area contributed by atoms with Crippen LogP contribution in [0.4, 0.5) is 10.1 Å². The van der Waals surface area contributed by atoms with Gasteiger partial charge in [0.05, 0.1) is 13.5 Å². The van der Waals surface area contributed by atoms with E-state index in [9.17, 15) is 9.18 Å². The molecule has 1 aromatic heterocycles. The molecular weight excluding hydrogens is 283 g/mol. The molecule has 0 aliphatic heterocycles. The summed E-state index contributed by atoms with van der Waals surface area (Å²) in [6.45, 7) is 0. The van der Waals surface area contributed by atoms with Crippen LogP contribution in [0.5, 0.6) is 5.75 Å². The summed E-state index contributed by atoms with van der Waals surface area (Å²) in [6, 6.07) is 12.1. The summed E-state index contributed by atoms with van der Waals surface area (Å²) in [5, 5.41) is 3.70. The number of carbonyl (C=O) groups is 1. The van der Waals surface area contributed by atoms with Gasteiger partial charge in [-0.15, -0.1) is 0 Å². The Morgan fingerprint density at radius 2 is 2.09 bits per heavy atom. The number of halogens is 1. The Kier molecular flexibility index (Phi) is 3.78. The molecule has 4 nitrogen and oxygen atoms in total. The summed E-state index contributed by atoms with van der Waals surface area (Å²) in [5.41, 5.74) is 2.30. The average molecular weight is 298 g/mol. The van der Waals surface area contributed by atoms with Crippen molar-refractivity contribution in [2.75, 3.05) is 12.4 Å². The minimum atomic E-state index is -0.507. The molecular formula is C17H15FN2O2. The van der Waals surface area contributed by atoms with Crippen molar-refractivity contribution in [2.45, 2.75) is 6.42 Å². The first-order valence-electron chi connectivity index (χ1n) is 6.86. The maximum Gasteiger partial charge on any atom is 0.228 e. The Balaban J connectivity index is 1.74. The van der Waals surface area contributed by atoms with Crippen molar-refractivity contribution < 1.29 is 13.9 Å². The molecule has 3 rings (SSSR count). The minimum Gasteiger partial charge on any atom is -0.494 e. The van der Waals surface area contributed by atoms with Gasteiger partial charge in [0.15, 0.2) is 11.6 Å². The van der Waals surface area contributed by atoms with Gasteiger partial charge in [0.1, 0.15) is 0 Å². The van der Waals surface area contributed by atoms with E-state index in [1.54, 1.807) is 6.07 Å². The van der Waals surface area contributed by atoms with Crippen molar-refractivity contribution in [2.24, 2.45) is 0 Å². The van der Waals surface area contributed by atoms with Crippen LogP contribution in [0.15, 0.2) is 48.7 Å². The van der Waals surface area contributed by atoms with Crippen molar-refractivity contribution in [1.29, 1.82) is 0 Å². The van der Waals surface area contributed by atoms with E-state index in [-0.39, 0.29) is 18.1 Å². The fourth-order valence-corrected chi connectivity index (χ4v) is 2.40. The lowest BCUT2D eigenvalue weighted by Gasteiger charge is -2.07. The van der Waals surface area contributed by atoms with Crippen LogP contribution in [0.3, 0.4) is 0 Å². The molecule has 5 heteroatoms. The molecule has 0 unspecified atom stereocenters. The van der Waals surface area contributed by atoms with E-state index >= 15 is 0 Å². The second kappa shape index (κ2) is 5.89. The van der Waals surface area contributed by atoms with Gasteiger partial charge in [0, 0.05) is 28.9 Å². The largest absolute Gasteiger partial charge is 0.494 e. The normalized spacial score (nSPS) is 10.6. The molecule has 22 heavy (non-hydrogen) atoms. The number of benzene rings is 2. The van der Waals surface area contributed by atoms with Crippen LogP contribution < -0.4 is 10.1 Å². The summed E-state index contributed by atoms with van der Waals surface area (Å²) in [7, 11) is 1.40. The predicted molar refractivity (Wildman–Crippen MR) is 83.6 cm³/mol. The van der Waals surface area contributed by atoms with E-state index in [0.29, 0.717) is 5.69 Å². The van der Waals surface area contributed by atoms with Crippen LogP contribution in [0.2, 0.25) is 0 Å². The number of amides is 1. The van der Waals surface area contributed by atoms with Gasteiger partial charge in [0.2, 0.25) is 5.91 Å². The molecule has 0 saturated heterocycles. The van der Waals surface area contributed by atoms with E-state index in [0.717, 1.165) is 16.5 Å². The molecule has 0 saturated carbocycles. The molecule has 3 aromatic rings. The molecule has 0 radical (unpaired) electrons. The Morgan fingerprint density at radius 1 is 1.27 bits per heavy atom. The summed E-state index contributed by atoms with van der Waals surface area (Å²) in [6.07, 6.45) is 2.04. The Labute approximate surface area is 126 Å². The SMILES string of the molecule is COc1ccc(NC(=O)Cc2c[nH]c3ccccc23)cc1F. The number of carbonyl (C=O) groups excluding carboxylic acids is 1. The van der Waals surface area contributed by atoms with Crippen LogP contribution in [0, 0.1) is 5.82 Å². The number of hydrogen-bond acceptors (Lipinski definition) is 2. The first-order chi connectivity index (χ1) is 10.7. The molecule has 2 N–H and O–H groups in total. The van der Waals surface area contributed by atoms with Gasteiger partial charge in [-0.05, 0) is 23.8 Å². The van der Waals surface area contributed by atoms with Gasteiger partial charge < -0.3 is 15.0 Å². The van der Waals surface area contributed by atoms with Crippen molar-refractivity contribution in [3.8, 4) is 5.75 Å². The summed E-state index contributed by atoms with van der Waals surface area (Å²) in [5.74, 6) is -0.559. The molecule has 0 aliphatic carbocycles. The third kappa shape index (κ3) is 2.79. The number of methoxy groups -OCH3 is 1. The van der Waals surface area contributed by atoms with E-state index in [1.807, 2.05) is 30.5 Å². The highest BCUT2D eigenvalue weighted by atomic mass is 19.1. The zero-order valence-corrected chi connectivity index (χ0v) is 12.0. The smallest absolute Gasteiger partial charge is 0.228 e. The number of fused-ring (bicyclic) bond motifs is 1. The lowest BCUT2D eigenvalue weighted by molar-refractivity contribution is -0.115. The predicted octanol–water partition coefficient (Wildman–Crippen LogP) is 3.50. The Morgan fingerprint density at radius 3 is 2.86 bits per heavy atom. The maximum atomic E-state index is 13.6. The van der Waals surface area contributed by atoms with Gasteiger partial charge in [-0.25, -0.2) is 4.39 Å². The van der Waals surface area contributed by atoms with Crippen molar-refractivity contribution >= 4 is 22.5 Å². The number of aromatic nitrogens is 1. The highest BCUT2D eigenvalue weighted by Crippen LogP contribution is 2.22. The molecule has 112 valence electrons. The number of H-pyrrole nitrogens is 1. The summed E-state index contributed by atoms with van der Waals surface area (Å²) >= 11 is 0. The average Bonchev–Trinajstić information content (AvgIpc) is 2.91. The van der Waals surface area contributed by atoms with E-state index in [1.165, 1.54) is 19.2 Å². The van der Waals surface area contributed by atoms with Gasteiger partial charge in [-0.3, -0.25) is 4.79 Å². The van der Waals surface area contributed by atoms with Crippen molar-refractivity contribution in [1.82, 2.24) is 4.98 Å². The lowest BCUT2D eigenvalue weighted by atomic mass is 10.1. The maximum absolute atomic E-state index is 13.6. The fourth-order valence-electron chi connectivity index (χ4n) is 2.40. The first-order valence-corrected chi connectivity index (χ1v) is 6.86. The number of hydrogen-bond donors (Lipinski definition) is 2. The van der Waals surface area contributed by atoms with Gasteiger partial charge in [-0.1, -0.05) is 18.2 Å². The molecule has 1 amide bonds. The minimum absolute atomic E-state index is 0.148. The second-order valence-corrected chi connectivity index (χ2v) is 4.93. The summed E-state index contributed by atoms with van der Waals surface area (Å²) < 4.78 is 18.5. The molecule has 1 heterocycles. The van der Waals surface area contributed by atoms with E-state index in [4.69, 9.17) is 4.74 Å². The number of ether oxygens (including phenoxy) is 1. The summed E-state index contributed by atoms with van der Waals surface area (Å²) in [4.78, 5) is 15.2. The first kappa shape index (κ1) is 14.1. The van der Waals surface area contributed by atoms with Crippen LogP contribution in [-0.2, 0) is 11.2 Å². The van der Waals surface area contributed by atoms with Crippen LogP contribution in [0.1, 0.15) is 5.56 Å². The zero-order chi connectivity index (χ0) is 15.5. The quantitative estimate of drug-likeness (QED) is 0.774. The third-order valence-corrected chi connectivity index (χ3v) is 3.46. The van der Waals surface area contributed by atoms with Crippen LogP contribution in [-0.4, -0.2) is 18.0 Å².